The number of hydrogen-bond donors (Lipinski definition) is 0. The van der Waals surface area contributed by atoms with E-state index in [1.807, 2.05) is 0 Å². The Hall–Kier alpha value is -1.47. The second kappa shape index (κ2) is 7.00. The van der Waals surface area contributed by atoms with Crippen molar-refractivity contribution in [3.05, 3.63) is 72.3 Å². The van der Waals surface area contributed by atoms with Gasteiger partial charge in [-0.1, -0.05) is 57.2 Å². The lowest BCUT2D eigenvalue weighted by atomic mass is 9.87. The molecule has 0 nitrogen and oxygen atoms in total. The summed E-state index contributed by atoms with van der Waals surface area (Å²) in [7, 11) is 0.127. The van der Waals surface area contributed by atoms with E-state index in [1.54, 1.807) is 0 Å². The largest absolute Gasteiger partial charge is 0.161 e. The van der Waals surface area contributed by atoms with Gasteiger partial charge < -0.3 is 0 Å². The molecule has 0 aromatic heterocycles. The second-order valence-corrected chi connectivity index (χ2v) is 8.27. The minimum atomic E-state index is 0.127. The number of benzene rings is 2. The van der Waals surface area contributed by atoms with Crippen molar-refractivity contribution in [1.29, 1.82) is 0 Å². The molecular weight excluding hydrogens is 272 g/mol. The highest BCUT2D eigenvalue weighted by Gasteiger charge is 2.24. The molecule has 0 aliphatic heterocycles. The van der Waals surface area contributed by atoms with Crippen molar-refractivity contribution in [2.75, 3.05) is 5.75 Å². The first kappa shape index (κ1) is 15.9. The zero-order valence-electron chi connectivity index (χ0n) is 13.5. The van der Waals surface area contributed by atoms with Crippen LogP contribution in [0.4, 0.5) is 0 Å². The normalized spacial score (nSPS) is 13.5. The molecule has 0 aliphatic carbocycles. The third kappa shape index (κ3) is 4.25. The Morgan fingerprint density at radius 2 is 1.43 bits per heavy atom. The molecular formula is C20H25S+. The van der Waals surface area contributed by atoms with E-state index in [1.165, 1.54) is 15.4 Å². The number of rotatable bonds is 4. The molecule has 1 heteroatoms. The fraction of sp³-hybridized carbons (Fsp3) is 0.300. The molecule has 2 rings (SSSR count). The third-order valence-corrected chi connectivity index (χ3v) is 5.74. The maximum absolute atomic E-state index is 2.31. The number of allylic oxidation sites excluding steroid dienone is 1. The van der Waals surface area contributed by atoms with Crippen molar-refractivity contribution >= 4 is 10.9 Å². The van der Waals surface area contributed by atoms with Crippen molar-refractivity contribution in [3.8, 4) is 0 Å². The maximum Gasteiger partial charge on any atom is 0.161 e. The third-order valence-electron chi connectivity index (χ3n) is 3.53. The van der Waals surface area contributed by atoms with Crippen LogP contribution in [-0.2, 0) is 16.3 Å². The van der Waals surface area contributed by atoms with Crippen molar-refractivity contribution < 1.29 is 0 Å². The molecule has 1 unspecified atom stereocenters. The van der Waals surface area contributed by atoms with E-state index in [0.717, 1.165) is 5.75 Å². The summed E-state index contributed by atoms with van der Waals surface area (Å²) < 4.78 is 0. The summed E-state index contributed by atoms with van der Waals surface area (Å²) in [5.74, 6) is 1.08. The SMILES string of the molecule is C/C=C\C[S+](c1ccccc1)c1ccc(C(C)(C)C)cc1. The van der Waals surface area contributed by atoms with Gasteiger partial charge in [0, 0.05) is 0 Å². The second-order valence-electron chi connectivity index (χ2n) is 6.21. The van der Waals surface area contributed by atoms with E-state index in [-0.39, 0.29) is 16.3 Å². The van der Waals surface area contributed by atoms with Gasteiger partial charge >= 0.3 is 0 Å². The molecule has 0 saturated heterocycles. The van der Waals surface area contributed by atoms with Gasteiger partial charge in [0.25, 0.3) is 0 Å². The van der Waals surface area contributed by atoms with E-state index in [4.69, 9.17) is 0 Å². The van der Waals surface area contributed by atoms with Crippen LogP contribution < -0.4 is 0 Å². The Kier molecular flexibility index (Phi) is 5.30. The molecule has 0 amide bonds. The monoisotopic (exact) mass is 297 g/mol. The van der Waals surface area contributed by atoms with Crippen molar-refractivity contribution in [1.82, 2.24) is 0 Å². The van der Waals surface area contributed by atoms with E-state index >= 15 is 0 Å². The summed E-state index contributed by atoms with van der Waals surface area (Å²) in [5, 5.41) is 0. The molecule has 0 spiro atoms. The molecule has 0 saturated carbocycles. The quantitative estimate of drug-likeness (QED) is 0.509. The lowest BCUT2D eigenvalue weighted by Gasteiger charge is -2.19. The van der Waals surface area contributed by atoms with E-state index in [9.17, 15) is 0 Å². The van der Waals surface area contributed by atoms with E-state index in [2.05, 4.69) is 94.4 Å². The van der Waals surface area contributed by atoms with Crippen LogP contribution in [0.25, 0.3) is 0 Å². The Labute approximate surface area is 132 Å². The smallest absolute Gasteiger partial charge is 0.0870 e. The highest BCUT2D eigenvalue weighted by Crippen LogP contribution is 2.27. The molecule has 0 N–H and O–H groups in total. The maximum atomic E-state index is 2.31. The number of hydrogen-bond acceptors (Lipinski definition) is 0. The van der Waals surface area contributed by atoms with Gasteiger partial charge in [0.1, 0.15) is 5.75 Å². The van der Waals surface area contributed by atoms with Crippen LogP contribution in [0.5, 0.6) is 0 Å². The first-order chi connectivity index (χ1) is 10.0. The van der Waals surface area contributed by atoms with E-state index < -0.39 is 0 Å². The van der Waals surface area contributed by atoms with Gasteiger partial charge in [-0.25, -0.2) is 0 Å². The molecule has 1 atom stereocenters. The molecule has 110 valence electrons. The van der Waals surface area contributed by atoms with Crippen LogP contribution in [0.15, 0.2) is 76.5 Å². The van der Waals surface area contributed by atoms with Gasteiger partial charge in [-0.2, -0.15) is 0 Å². The Morgan fingerprint density at radius 3 is 1.95 bits per heavy atom. The highest BCUT2D eigenvalue weighted by atomic mass is 32.2. The molecule has 0 bridgehead atoms. The first-order valence-corrected chi connectivity index (χ1v) is 8.89. The summed E-state index contributed by atoms with van der Waals surface area (Å²) in [6.07, 6.45) is 4.42. The molecule has 2 aromatic carbocycles. The van der Waals surface area contributed by atoms with Gasteiger partial charge in [0.15, 0.2) is 9.79 Å². The average molecular weight is 297 g/mol. The predicted molar refractivity (Wildman–Crippen MR) is 95.2 cm³/mol. The van der Waals surface area contributed by atoms with Crippen LogP contribution in [-0.4, -0.2) is 5.75 Å². The highest BCUT2D eigenvalue weighted by molar-refractivity contribution is 7.97. The zero-order chi connectivity index (χ0) is 15.3. The van der Waals surface area contributed by atoms with Crippen molar-refractivity contribution in [2.24, 2.45) is 0 Å². The Balaban J connectivity index is 2.33. The molecule has 0 aliphatic rings. The predicted octanol–water partition coefficient (Wildman–Crippen LogP) is 5.60. The standard InChI is InChI=1S/C20H25S/c1-5-6-16-21(18-10-8-7-9-11-18)19-14-12-17(13-15-19)20(2,3)4/h5-15H,16H2,1-4H3/q+1/b6-5-. The molecule has 2 aromatic rings. The van der Waals surface area contributed by atoms with Gasteiger partial charge in [0.05, 0.1) is 10.9 Å². The summed E-state index contributed by atoms with van der Waals surface area (Å²) >= 11 is 0. The molecule has 21 heavy (non-hydrogen) atoms. The van der Waals surface area contributed by atoms with E-state index in [0.29, 0.717) is 0 Å². The average Bonchev–Trinajstić information content (AvgIpc) is 2.48. The lowest BCUT2D eigenvalue weighted by molar-refractivity contribution is 0.589. The summed E-state index contributed by atoms with van der Waals surface area (Å²) in [6.45, 7) is 8.88. The van der Waals surface area contributed by atoms with Gasteiger partial charge in [-0.3, -0.25) is 0 Å². The fourth-order valence-electron chi connectivity index (χ4n) is 2.22. The minimum Gasteiger partial charge on any atom is -0.0870 e. The first-order valence-electron chi connectivity index (χ1n) is 7.50. The summed E-state index contributed by atoms with van der Waals surface area (Å²) in [4.78, 5) is 2.84. The molecule has 0 fully saturated rings. The lowest BCUT2D eigenvalue weighted by Crippen LogP contribution is -2.12. The van der Waals surface area contributed by atoms with Gasteiger partial charge in [0.2, 0.25) is 0 Å². The Morgan fingerprint density at radius 1 is 0.857 bits per heavy atom. The topological polar surface area (TPSA) is 0 Å². The van der Waals surface area contributed by atoms with Gasteiger partial charge in [-0.05, 0) is 48.2 Å². The van der Waals surface area contributed by atoms with Crippen LogP contribution in [0.3, 0.4) is 0 Å². The summed E-state index contributed by atoms with van der Waals surface area (Å²) in [6, 6.07) is 20.0. The Bertz CT molecular complexity index is 573. The van der Waals surface area contributed by atoms with Gasteiger partial charge in [-0.15, -0.1) is 0 Å². The van der Waals surface area contributed by atoms with Crippen molar-refractivity contribution in [2.45, 2.75) is 42.9 Å². The van der Waals surface area contributed by atoms with Crippen LogP contribution in [0.2, 0.25) is 0 Å². The minimum absolute atomic E-state index is 0.127. The molecule has 0 radical (unpaired) electrons. The molecule has 0 heterocycles. The van der Waals surface area contributed by atoms with Crippen LogP contribution in [0, 0.1) is 0 Å². The fourth-order valence-corrected chi connectivity index (χ4v) is 4.22. The van der Waals surface area contributed by atoms with Crippen molar-refractivity contribution in [3.63, 3.8) is 0 Å². The summed E-state index contributed by atoms with van der Waals surface area (Å²) in [5.41, 5.74) is 1.61. The van der Waals surface area contributed by atoms with Crippen LogP contribution in [0.1, 0.15) is 33.3 Å². The zero-order valence-corrected chi connectivity index (χ0v) is 14.3. The van der Waals surface area contributed by atoms with Crippen LogP contribution >= 0.6 is 0 Å².